The van der Waals surface area contributed by atoms with Gasteiger partial charge in [0.25, 0.3) is 0 Å². The van der Waals surface area contributed by atoms with Crippen molar-refractivity contribution in [1.29, 1.82) is 0 Å². The van der Waals surface area contributed by atoms with Crippen LogP contribution in [0.3, 0.4) is 0 Å². The van der Waals surface area contributed by atoms with E-state index in [0.717, 1.165) is 11.1 Å². The van der Waals surface area contributed by atoms with Crippen LogP contribution in [-0.2, 0) is 13.1 Å². The summed E-state index contributed by atoms with van der Waals surface area (Å²) in [7, 11) is 3.35. The second kappa shape index (κ2) is 7.50. The zero-order chi connectivity index (χ0) is 15.2. The summed E-state index contributed by atoms with van der Waals surface area (Å²) in [5, 5.41) is 3.02. The molecule has 0 amide bonds. The van der Waals surface area contributed by atoms with Gasteiger partial charge in [0.05, 0.1) is 13.7 Å². The zero-order valence-corrected chi connectivity index (χ0v) is 12.0. The minimum Gasteiger partial charge on any atom is -0.496 e. The van der Waals surface area contributed by atoms with E-state index in [1.807, 2.05) is 19.2 Å². The molecule has 0 aromatic heterocycles. The van der Waals surface area contributed by atoms with Crippen LogP contribution in [0.1, 0.15) is 18.1 Å². The Morgan fingerprint density at radius 3 is 2.50 bits per heavy atom. The third-order valence-electron chi connectivity index (χ3n) is 2.97. The van der Waals surface area contributed by atoms with Crippen molar-refractivity contribution in [1.82, 2.24) is 10.2 Å². The molecule has 0 unspecified atom stereocenters. The number of hydrogen-bond donors (Lipinski definition) is 1. The molecule has 1 aromatic carbocycles. The SMILES string of the molecule is CCN(Cc1cc(CNC)ccc1OC)CC(F)(F)F. The van der Waals surface area contributed by atoms with Crippen LogP contribution in [0.5, 0.6) is 5.75 Å². The summed E-state index contributed by atoms with van der Waals surface area (Å²) in [6, 6.07) is 5.58. The van der Waals surface area contributed by atoms with Crippen LogP contribution in [-0.4, -0.2) is 38.3 Å². The molecular formula is C14H21F3N2O. The molecule has 0 fully saturated rings. The Labute approximate surface area is 117 Å². The molecule has 0 saturated heterocycles. The number of ether oxygens (including phenoxy) is 1. The van der Waals surface area contributed by atoms with E-state index >= 15 is 0 Å². The van der Waals surface area contributed by atoms with Gasteiger partial charge in [-0.05, 0) is 31.3 Å². The van der Waals surface area contributed by atoms with Gasteiger partial charge in [-0.15, -0.1) is 0 Å². The highest BCUT2D eigenvalue weighted by atomic mass is 19.4. The molecule has 0 atom stereocenters. The number of halogens is 3. The van der Waals surface area contributed by atoms with Crippen molar-refractivity contribution in [2.45, 2.75) is 26.2 Å². The number of rotatable bonds is 7. The minimum atomic E-state index is -4.19. The molecule has 0 heterocycles. The molecular weight excluding hydrogens is 269 g/mol. The predicted octanol–water partition coefficient (Wildman–Crippen LogP) is 2.80. The van der Waals surface area contributed by atoms with Crippen LogP contribution in [0, 0.1) is 0 Å². The molecule has 3 nitrogen and oxygen atoms in total. The van der Waals surface area contributed by atoms with Gasteiger partial charge in [-0.2, -0.15) is 13.2 Å². The lowest BCUT2D eigenvalue weighted by Crippen LogP contribution is -2.33. The molecule has 0 aliphatic rings. The van der Waals surface area contributed by atoms with Gasteiger partial charge in [0.15, 0.2) is 0 Å². The molecule has 0 saturated carbocycles. The first-order valence-electron chi connectivity index (χ1n) is 6.49. The number of benzene rings is 1. The van der Waals surface area contributed by atoms with Crippen molar-refractivity contribution in [2.24, 2.45) is 0 Å². The topological polar surface area (TPSA) is 24.5 Å². The van der Waals surface area contributed by atoms with Crippen LogP contribution >= 0.6 is 0 Å². The number of nitrogens with zero attached hydrogens (tertiary/aromatic N) is 1. The molecule has 1 rings (SSSR count). The normalized spacial score (nSPS) is 11.9. The van der Waals surface area contributed by atoms with E-state index in [0.29, 0.717) is 18.8 Å². The molecule has 1 aromatic rings. The first-order valence-corrected chi connectivity index (χ1v) is 6.49. The smallest absolute Gasteiger partial charge is 0.401 e. The van der Waals surface area contributed by atoms with Gasteiger partial charge < -0.3 is 10.1 Å². The highest BCUT2D eigenvalue weighted by Crippen LogP contribution is 2.24. The summed E-state index contributed by atoms with van der Waals surface area (Å²) in [4.78, 5) is 1.35. The first-order chi connectivity index (χ1) is 9.39. The Morgan fingerprint density at radius 2 is 2.00 bits per heavy atom. The Kier molecular flexibility index (Phi) is 6.29. The molecule has 0 aliphatic heterocycles. The van der Waals surface area contributed by atoms with Gasteiger partial charge >= 0.3 is 6.18 Å². The van der Waals surface area contributed by atoms with Crippen molar-refractivity contribution in [2.75, 3.05) is 27.2 Å². The van der Waals surface area contributed by atoms with Crippen molar-refractivity contribution < 1.29 is 17.9 Å². The summed E-state index contributed by atoms with van der Waals surface area (Å²) in [6.45, 7) is 2.02. The van der Waals surface area contributed by atoms with Crippen LogP contribution in [0.4, 0.5) is 13.2 Å². The lowest BCUT2D eigenvalue weighted by molar-refractivity contribution is -0.146. The Morgan fingerprint density at radius 1 is 1.30 bits per heavy atom. The summed E-state index contributed by atoms with van der Waals surface area (Å²) in [6.07, 6.45) is -4.19. The lowest BCUT2D eigenvalue weighted by atomic mass is 10.1. The van der Waals surface area contributed by atoms with Gasteiger partial charge in [0, 0.05) is 18.7 Å². The maximum atomic E-state index is 12.5. The molecule has 0 radical (unpaired) electrons. The lowest BCUT2D eigenvalue weighted by Gasteiger charge is -2.23. The Bertz CT molecular complexity index is 421. The van der Waals surface area contributed by atoms with E-state index in [1.165, 1.54) is 12.0 Å². The summed E-state index contributed by atoms with van der Waals surface area (Å²) < 4.78 is 42.7. The van der Waals surface area contributed by atoms with Gasteiger partial charge in [-0.3, -0.25) is 4.90 Å². The average Bonchev–Trinajstić information content (AvgIpc) is 2.37. The zero-order valence-electron chi connectivity index (χ0n) is 12.0. The highest BCUT2D eigenvalue weighted by molar-refractivity contribution is 5.37. The predicted molar refractivity (Wildman–Crippen MR) is 72.8 cm³/mol. The van der Waals surface area contributed by atoms with Crippen molar-refractivity contribution in [3.05, 3.63) is 29.3 Å². The maximum absolute atomic E-state index is 12.5. The van der Waals surface area contributed by atoms with Crippen LogP contribution in [0.25, 0.3) is 0 Å². The Hall–Kier alpha value is -1.27. The molecule has 0 spiro atoms. The number of hydrogen-bond acceptors (Lipinski definition) is 3. The van der Waals surface area contributed by atoms with E-state index in [2.05, 4.69) is 5.32 Å². The fourth-order valence-corrected chi connectivity index (χ4v) is 2.04. The molecule has 6 heteroatoms. The van der Waals surface area contributed by atoms with E-state index in [-0.39, 0.29) is 6.54 Å². The monoisotopic (exact) mass is 290 g/mol. The number of alkyl halides is 3. The van der Waals surface area contributed by atoms with E-state index in [9.17, 15) is 13.2 Å². The molecule has 0 bridgehead atoms. The maximum Gasteiger partial charge on any atom is 0.401 e. The number of methoxy groups -OCH3 is 1. The minimum absolute atomic E-state index is 0.219. The van der Waals surface area contributed by atoms with Gasteiger partial charge in [-0.25, -0.2) is 0 Å². The van der Waals surface area contributed by atoms with E-state index < -0.39 is 12.7 Å². The molecule has 20 heavy (non-hydrogen) atoms. The van der Waals surface area contributed by atoms with Crippen molar-refractivity contribution in [3.8, 4) is 5.75 Å². The van der Waals surface area contributed by atoms with Gasteiger partial charge in [0.2, 0.25) is 0 Å². The standard InChI is InChI=1S/C14H21F3N2O/c1-4-19(10-14(15,16)17)9-12-7-11(8-18-2)5-6-13(12)20-3/h5-7,18H,4,8-10H2,1-3H3. The van der Waals surface area contributed by atoms with Gasteiger partial charge in [-0.1, -0.05) is 13.0 Å². The van der Waals surface area contributed by atoms with Crippen LogP contribution in [0.15, 0.2) is 18.2 Å². The third-order valence-corrected chi connectivity index (χ3v) is 2.97. The van der Waals surface area contributed by atoms with E-state index in [4.69, 9.17) is 4.74 Å². The second-order valence-electron chi connectivity index (χ2n) is 4.59. The van der Waals surface area contributed by atoms with Gasteiger partial charge in [0.1, 0.15) is 5.75 Å². The quantitative estimate of drug-likeness (QED) is 0.835. The van der Waals surface area contributed by atoms with E-state index in [1.54, 1.807) is 13.0 Å². The fraction of sp³-hybridized carbons (Fsp3) is 0.571. The van der Waals surface area contributed by atoms with Crippen molar-refractivity contribution in [3.63, 3.8) is 0 Å². The molecule has 0 aliphatic carbocycles. The van der Waals surface area contributed by atoms with Crippen LogP contribution in [0.2, 0.25) is 0 Å². The summed E-state index contributed by atoms with van der Waals surface area (Å²) in [5.41, 5.74) is 1.79. The average molecular weight is 290 g/mol. The largest absolute Gasteiger partial charge is 0.496 e. The summed E-state index contributed by atoms with van der Waals surface area (Å²) in [5.74, 6) is 0.616. The van der Waals surface area contributed by atoms with Crippen LogP contribution < -0.4 is 10.1 Å². The molecule has 114 valence electrons. The fourth-order valence-electron chi connectivity index (χ4n) is 2.04. The first kappa shape index (κ1) is 16.8. The van der Waals surface area contributed by atoms with Crippen molar-refractivity contribution >= 4 is 0 Å². The summed E-state index contributed by atoms with van der Waals surface area (Å²) >= 11 is 0. The Balaban J connectivity index is 2.89. The number of nitrogens with one attached hydrogen (secondary N) is 1. The third kappa shape index (κ3) is 5.38. The second-order valence-corrected chi connectivity index (χ2v) is 4.59. The molecule has 1 N–H and O–H groups in total. The highest BCUT2D eigenvalue weighted by Gasteiger charge is 2.30.